The lowest BCUT2D eigenvalue weighted by Crippen LogP contribution is -2.34. The zero-order chi connectivity index (χ0) is 22.3. The van der Waals surface area contributed by atoms with E-state index in [1.54, 1.807) is 25.7 Å². The summed E-state index contributed by atoms with van der Waals surface area (Å²) in [5.74, 6) is 0.560. The zero-order valence-electron chi connectivity index (χ0n) is 18.1. The highest BCUT2D eigenvalue weighted by Gasteiger charge is 2.23. The van der Waals surface area contributed by atoms with E-state index in [1.165, 1.54) is 0 Å². The summed E-state index contributed by atoms with van der Waals surface area (Å²) in [5.41, 5.74) is 3.71. The second-order valence-corrected chi connectivity index (χ2v) is 7.51. The zero-order valence-corrected chi connectivity index (χ0v) is 18.1. The van der Waals surface area contributed by atoms with E-state index < -0.39 is 6.04 Å². The van der Waals surface area contributed by atoms with Crippen LogP contribution in [0.2, 0.25) is 0 Å². The smallest absolute Gasteiger partial charge is 0.246 e. The number of hydrogen-bond donors (Lipinski definition) is 2. The van der Waals surface area contributed by atoms with Gasteiger partial charge in [0.05, 0.1) is 13.4 Å². The van der Waals surface area contributed by atoms with Crippen molar-refractivity contribution in [1.82, 2.24) is 14.9 Å². The number of methoxy groups -OCH3 is 1. The molecule has 2 unspecified atom stereocenters. The van der Waals surface area contributed by atoms with Gasteiger partial charge in [0.15, 0.2) is 0 Å². The molecule has 0 aliphatic carbocycles. The van der Waals surface area contributed by atoms with Gasteiger partial charge < -0.3 is 14.6 Å². The first kappa shape index (κ1) is 21.3. The molecule has 1 heterocycles. The number of benzene rings is 3. The molecule has 0 fully saturated rings. The number of ether oxygens (including phenoxy) is 1. The molecule has 0 aliphatic heterocycles. The van der Waals surface area contributed by atoms with Crippen LogP contribution in [0.15, 0.2) is 97.6 Å². The molecular formula is C26H26N4O2. The summed E-state index contributed by atoms with van der Waals surface area (Å²) < 4.78 is 7.22. The molecule has 0 aliphatic rings. The van der Waals surface area contributed by atoms with Gasteiger partial charge in [-0.3, -0.25) is 10.1 Å². The first-order valence-corrected chi connectivity index (χ1v) is 10.5. The predicted molar refractivity (Wildman–Crippen MR) is 126 cm³/mol. The minimum atomic E-state index is -0.522. The Labute approximate surface area is 187 Å². The maximum absolute atomic E-state index is 13.3. The van der Waals surface area contributed by atoms with Gasteiger partial charge in [0, 0.05) is 35.9 Å². The predicted octanol–water partition coefficient (Wildman–Crippen LogP) is 4.91. The molecule has 162 valence electrons. The number of amides is 1. The summed E-state index contributed by atoms with van der Waals surface area (Å²) in [6.07, 6.45) is 5.43. The van der Waals surface area contributed by atoms with E-state index in [-0.39, 0.29) is 11.9 Å². The standard InChI is InChI=1S/C26H26N4O2/c1-19(20-11-13-23(14-12-20)30-16-15-27-18-30)28-25(21-7-4-3-5-8-21)26(31)29-22-9-6-10-24(17-22)32-2/h3-19,25,28H,1-2H3,(H,29,31). The third-order valence-corrected chi connectivity index (χ3v) is 5.34. The van der Waals surface area contributed by atoms with Gasteiger partial charge in [0.25, 0.3) is 0 Å². The summed E-state index contributed by atoms with van der Waals surface area (Å²) in [5, 5.41) is 6.50. The van der Waals surface area contributed by atoms with Crippen molar-refractivity contribution >= 4 is 11.6 Å². The van der Waals surface area contributed by atoms with Gasteiger partial charge in [0.1, 0.15) is 11.8 Å². The topological polar surface area (TPSA) is 68.2 Å². The van der Waals surface area contributed by atoms with Gasteiger partial charge in [-0.25, -0.2) is 4.98 Å². The molecule has 4 aromatic rings. The van der Waals surface area contributed by atoms with Crippen LogP contribution in [0.1, 0.15) is 30.1 Å². The Morgan fingerprint density at radius 3 is 2.44 bits per heavy atom. The number of imidazole rings is 1. The summed E-state index contributed by atoms with van der Waals surface area (Å²) >= 11 is 0. The maximum atomic E-state index is 13.3. The highest BCUT2D eigenvalue weighted by Crippen LogP contribution is 2.24. The fourth-order valence-corrected chi connectivity index (χ4v) is 3.58. The largest absolute Gasteiger partial charge is 0.497 e. The van der Waals surface area contributed by atoms with Gasteiger partial charge >= 0.3 is 0 Å². The molecule has 4 rings (SSSR count). The lowest BCUT2D eigenvalue weighted by Gasteiger charge is -2.24. The van der Waals surface area contributed by atoms with Crippen LogP contribution in [0.3, 0.4) is 0 Å². The lowest BCUT2D eigenvalue weighted by atomic mass is 10.0. The molecule has 1 amide bonds. The fraction of sp³-hybridized carbons (Fsp3) is 0.154. The fourth-order valence-electron chi connectivity index (χ4n) is 3.58. The van der Waals surface area contributed by atoms with Crippen molar-refractivity contribution in [2.75, 3.05) is 12.4 Å². The Hall–Kier alpha value is -3.90. The summed E-state index contributed by atoms with van der Waals surface area (Å²) in [7, 11) is 1.61. The van der Waals surface area contributed by atoms with Crippen molar-refractivity contribution in [3.63, 3.8) is 0 Å². The Morgan fingerprint density at radius 2 is 1.75 bits per heavy atom. The second-order valence-electron chi connectivity index (χ2n) is 7.51. The molecular weight excluding hydrogens is 400 g/mol. The van der Waals surface area contributed by atoms with Crippen LogP contribution in [-0.2, 0) is 4.79 Å². The van der Waals surface area contributed by atoms with E-state index in [0.29, 0.717) is 11.4 Å². The summed E-state index contributed by atoms with van der Waals surface area (Å²) in [4.78, 5) is 17.4. The van der Waals surface area contributed by atoms with Gasteiger partial charge in [-0.1, -0.05) is 48.5 Å². The molecule has 0 saturated heterocycles. The molecule has 32 heavy (non-hydrogen) atoms. The number of rotatable bonds is 8. The SMILES string of the molecule is COc1cccc(NC(=O)C(NC(C)c2ccc(-n3ccnc3)cc2)c2ccccc2)c1. The van der Waals surface area contributed by atoms with E-state index in [9.17, 15) is 4.79 Å². The van der Waals surface area contributed by atoms with Crippen molar-refractivity contribution < 1.29 is 9.53 Å². The minimum Gasteiger partial charge on any atom is -0.497 e. The Morgan fingerprint density at radius 1 is 0.969 bits per heavy atom. The van der Waals surface area contributed by atoms with Crippen LogP contribution in [-0.4, -0.2) is 22.6 Å². The van der Waals surface area contributed by atoms with E-state index >= 15 is 0 Å². The van der Waals surface area contributed by atoms with Crippen molar-refractivity contribution in [2.24, 2.45) is 0 Å². The number of nitrogens with zero attached hydrogens (tertiary/aromatic N) is 2. The normalized spacial score (nSPS) is 12.7. The number of carbonyl (C=O) groups excluding carboxylic acids is 1. The highest BCUT2D eigenvalue weighted by atomic mass is 16.5. The van der Waals surface area contributed by atoms with Crippen LogP contribution < -0.4 is 15.4 Å². The number of anilines is 1. The van der Waals surface area contributed by atoms with Gasteiger partial charge in [-0.15, -0.1) is 0 Å². The van der Waals surface area contributed by atoms with Crippen LogP contribution in [0.4, 0.5) is 5.69 Å². The van der Waals surface area contributed by atoms with Crippen LogP contribution in [0.25, 0.3) is 5.69 Å². The number of nitrogens with one attached hydrogen (secondary N) is 2. The first-order chi connectivity index (χ1) is 15.6. The van der Waals surface area contributed by atoms with Crippen molar-refractivity contribution in [1.29, 1.82) is 0 Å². The monoisotopic (exact) mass is 426 g/mol. The maximum Gasteiger partial charge on any atom is 0.246 e. The van der Waals surface area contributed by atoms with E-state index in [0.717, 1.165) is 16.8 Å². The molecule has 6 nitrogen and oxygen atoms in total. The van der Waals surface area contributed by atoms with Crippen molar-refractivity contribution in [2.45, 2.75) is 19.0 Å². The number of aromatic nitrogens is 2. The molecule has 0 radical (unpaired) electrons. The average molecular weight is 427 g/mol. The van der Waals surface area contributed by atoms with E-state index in [1.807, 2.05) is 71.4 Å². The molecule has 0 spiro atoms. The molecule has 2 atom stereocenters. The van der Waals surface area contributed by atoms with Gasteiger partial charge in [0.2, 0.25) is 5.91 Å². The quantitative estimate of drug-likeness (QED) is 0.420. The molecule has 0 saturated carbocycles. The second kappa shape index (κ2) is 9.94. The van der Waals surface area contributed by atoms with Crippen molar-refractivity contribution in [3.8, 4) is 11.4 Å². The Bertz CT molecular complexity index is 1140. The molecule has 2 N–H and O–H groups in total. The van der Waals surface area contributed by atoms with Crippen LogP contribution in [0, 0.1) is 0 Å². The van der Waals surface area contributed by atoms with Crippen LogP contribution in [0.5, 0.6) is 5.75 Å². The minimum absolute atomic E-state index is 0.0481. The van der Waals surface area contributed by atoms with E-state index in [4.69, 9.17) is 4.74 Å². The molecule has 3 aromatic carbocycles. The number of hydrogen-bond acceptors (Lipinski definition) is 4. The van der Waals surface area contributed by atoms with Gasteiger partial charge in [-0.2, -0.15) is 0 Å². The first-order valence-electron chi connectivity index (χ1n) is 10.5. The molecule has 0 bridgehead atoms. The third-order valence-electron chi connectivity index (χ3n) is 5.34. The third kappa shape index (κ3) is 5.04. The molecule has 1 aromatic heterocycles. The van der Waals surface area contributed by atoms with Gasteiger partial charge in [-0.05, 0) is 42.3 Å². The lowest BCUT2D eigenvalue weighted by molar-refractivity contribution is -0.118. The summed E-state index contributed by atoms with van der Waals surface area (Å²) in [6.45, 7) is 2.06. The Balaban J connectivity index is 1.53. The Kier molecular flexibility index (Phi) is 6.63. The average Bonchev–Trinajstić information content (AvgIpc) is 3.38. The molecule has 6 heteroatoms. The van der Waals surface area contributed by atoms with E-state index in [2.05, 4.69) is 34.7 Å². The number of carbonyl (C=O) groups is 1. The highest BCUT2D eigenvalue weighted by molar-refractivity contribution is 5.95. The van der Waals surface area contributed by atoms with Crippen LogP contribution >= 0.6 is 0 Å². The van der Waals surface area contributed by atoms with Crippen molar-refractivity contribution in [3.05, 3.63) is 109 Å². The summed E-state index contributed by atoms with van der Waals surface area (Å²) in [6, 6.07) is 24.7.